The Balaban J connectivity index is 1.89. The highest BCUT2D eigenvalue weighted by Gasteiger charge is 2.27. The van der Waals surface area contributed by atoms with Crippen molar-refractivity contribution in [3.05, 3.63) is 26.9 Å². The molecule has 1 aliphatic rings. The summed E-state index contributed by atoms with van der Waals surface area (Å²) in [5, 5.41) is 4.76. The van der Waals surface area contributed by atoms with Crippen LogP contribution in [0.3, 0.4) is 0 Å². The smallest absolute Gasteiger partial charge is 0.249 e. The lowest BCUT2D eigenvalue weighted by Crippen LogP contribution is -2.51. The van der Waals surface area contributed by atoms with Gasteiger partial charge in [-0.2, -0.15) is 0 Å². The molecule has 0 aliphatic carbocycles. The van der Waals surface area contributed by atoms with Crippen LogP contribution in [0, 0.1) is 0 Å². The molecule has 0 aromatic carbocycles. The summed E-state index contributed by atoms with van der Waals surface area (Å²) in [7, 11) is 0. The van der Waals surface area contributed by atoms with Gasteiger partial charge >= 0.3 is 0 Å². The molecule has 1 aromatic rings. The second-order valence-electron chi connectivity index (χ2n) is 3.99. The molecule has 0 bridgehead atoms. The van der Waals surface area contributed by atoms with Gasteiger partial charge in [0.25, 0.3) is 0 Å². The number of amides is 3. The number of nitrogens with one attached hydrogen (secondary N) is 2. The summed E-state index contributed by atoms with van der Waals surface area (Å²) in [5.74, 6) is -1.09. The topological polar surface area (TPSA) is 75.3 Å². The molecule has 0 spiro atoms. The lowest BCUT2D eigenvalue weighted by molar-refractivity contribution is -0.136. The minimum Gasteiger partial charge on any atom is -0.341 e. The lowest BCUT2D eigenvalue weighted by Gasteiger charge is -2.20. The number of imide groups is 1. The zero-order valence-electron chi connectivity index (χ0n) is 9.81. The average molecular weight is 343 g/mol. The lowest BCUT2D eigenvalue weighted by atomic mass is 10.1. The van der Waals surface area contributed by atoms with Crippen molar-refractivity contribution >= 4 is 51.1 Å². The molecule has 5 nitrogen and oxygen atoms in total. The van der Waals surface area contributed by atoms with E-state index in [2.05, 4.69) is 26.6 Å². The first kappa shape index (κ1) is 14.0. The Labute approximate surface area is 122 Å². The summed E-state index contributed by atoms with van der Waals surface area (Å²) < 4.78 is 0.984. The molecule has 2 N–H and O–H groups in total. The predicted molar refractivity (Wildman–Crippen MR) is 75.4 cm³/mol. The summed E-state index contributed by atoms with van der Waals surface area (Å²) in [5.41, 5.74) is 0. The van der Waals surface area contributed by atoms with Gasteiger partial charge in [0, 0.05) is 17.4 Å². The van der Waals surface area contributed by atoms with Crippen molar-refractivity contribution in [2.24, 2.45) is 0 Å². The van der Waals surface area contributed by atoms with E-state index < -0.39 is 11.9 Å². The first-order chi connectivity index (χ1) is 9.04. The minimum atomic E-state index is -0.634. The van der Waals surface area contributed by atoms with Crippen LogP contribution in [0.1, 0.15) is 17.7 Å². The molecular formula is C12H11BrN2O3S. The molecule has 2 heterocycles. The SMILES string of the molecule is O=C(C=Cc1ccc(Br)s1)NC1CCC(=O)NC1=O. The Morgan fingerprint density at radius 3 is 2.89 bits per heavy atom. The maximum absolute atomic E-state index is 11.6. The monoisotopic (exact) mass is 342 g/mol. The minimum absolute atomic E-state index is 0.248. The highest BCUT2D eigenvalue weighted by atomic mass is 79.9. The van der Waals surface area contributed by atoms with E-state index in [0.717, 1.165) is 8.66 Å². The third-order valence-electron chi connectivity index (χ3n) is 2.55. The van der Waals surface area contributed by atoms with Gasteiger partial charge in [-0.3, -0.25) is 19.7 Å². The van der Waals surface area contributed by atoms with Crippen molar-refractivity contribution in [1.82, 2.24) is 10.6 Å². The summed E-state index contributed by atoms with van der Waals surface area (Å²) in [6, 6.07) is 3.14. The van der Waals surface area contributed by atoms with Gasteiger partial charge in [-0.15, -0.1) is 11.3 Å². The molecule has 3 amide bonds. The van der Waals surface area contributed by atoms with E-state index in [1.165, 1.54) is 17.4 Å². The summed E-state index contributed by atoms with van der Waals surface area (Å²) >= 11 is 4.83. The van der Waals surface area contributed by atoms with Crippen LogP contribution in [0.4, 0.5) is 0 Å². The molecule has 1 aromatic heterocycles. The van der Waals surface area contributed by atoms with Crippen molar-refractivity contribution in [2.45, 2.75) is 18.9 Å². The average Bonchev–Trinajstić information content (AvgIpc) is 2.76. The Kier molecular flexibility index (Phi) is 4.49. The van der Waals surface area contributed by atoms with Gasteiger partial charge in [0.15, 0.2) is 0 Å². The van der Waals surface area contributed by atoms with Gasteiger partial charge in [0.05, 0.1) is 3.79 Å². The summed E-state index contributed by atoms with van der Waals surface area (Å²) in [6.45, 7) is 0. The van der Waals surface area contributed by atoms with Gasteiger partial charge < -0.3 is 5.32 Å². The zero-order valence-corrected chi connectivity index (χ0v) is 12.2. The molecule has 1 unspecified atom stereocenters. The van der Waals surface area contributed by atoms with E-state index in [0.29, 0.717) is 6.42 Å². The molecule has 7 heteroatoms. The fraction of sp³-hybridized carbons (Fsp3) is 0.250. The summed E-state index contributed by atoms with van der Waals surface area (Å²) in [4.78, 5) is 35.0. The number of thiophene rings is 1. The van der Waals surface area contributed by atoms with Crippen LogP contribution >= 0.6 is 27.3 Å². The van der Waals surface area contributed by atoms with Crippen LogP contribution < -0.4 is 10.6 Å². The number of halogens is 1. The van der Waals surface area contributed by atoms with Gasteiger partial charge in [-0.05, 0) is 40.6 Å². The Bertz CT molecular complexity index is 553. The second kappa shape index (κ2) is 6.12. The molecule has 1 atom stereocenters. The van der Waals surface area contributed by atoms with Crippen LogP contribution in [-0.2, 0) is 14.4 Å². The van der Waals surface area contributed by atoms with Gasteiger partial charge in [-0.1, -0.05) is 0 Å². The Morgan fingerprint density at radius 1 is 1.47 bits per heavy atom. The number of carbonyl (C=O) groups excluding carboxylic acids is 3. The molecule has 1 fully saturated rings. The summed E-state index contributed by atoms with van der Waals surface area (Å²) in [6.07, 6.45) is 3.64. The van der Waals surface area contributed by atoms with E-state index in [-0.39, 0.29) is 18.2 Å². The largest absolute Gasteiger partial charge is 0.341 e. The van der Waals surface area contributed by atoms with Gasteiger partial charge in [0.2, 0.25) is 17.7 Å². The van der Waals surface area contributed by atoms with Gasteiger partial charge in [-0.25, -0.2) is 0 Å². The molecule has 0 radical (unpaired) electrons. The van der Waals surface area contributed by atoms with Crippen LogP contribution in [0.5, 0.6) is 0 Å². The fourth-order valence-corrected chi connectivity index (χ4v) is 2.95. The number of hydrogen-bond donors (Lipinski definition) is 2. The second-order valence-corrected chi connectivity index (χ2v) is 6.48. The predicted octanol–water partition coefficient (Wildman–Crippen LogP) is 1.45. The van der Waals surface area contributed by atoms with E-state index in [1.807, 2.05) is 12.1 Å². The van der Waals surface area contributed by atoms with Crippen LogP contribution in [-0.4, -0.2) is 23.8 Å². The standard InChI is InChI=1S/C12H11BrN2O3S/c13-9-4-1-7(19-9)2-5-10(16)14-8-3-6-11(17)15-12(8)18/h1-2,4-5,8H,3,6H2,(H,14,16)(H,15,17,18). The third kappa shape index (κ3) is 4.00. The molecule has 1 aliphatic heterocycles. The van der Waals surface area contributed by atoms with Crippen LogP contribution in [0.25, 0.3) is 6.08 Å². The van der Waals surface area contributed by atoms with E-state index in [4.69, 9.17) is 0 Å². The highest BCUT2D eigenvalue weighted by Crippen LogP contribution is 2.22. The molecule has 2 rings (SSSR count). The van der Waals surface area contributed by atoms with E-state index in [9.17, 15) is 14.4 Å². The van der Waals surface area contributed by atoms with Gasteiger partial charge in [0.1, 0.15) is 6.04 Å². The number of rotatable bonds is 3. The molecule has 0 saturated carbocycles. The van der Waals surface area contributed by atoms with Crippen molar-refractivity contribution in [2.75, 3.05) is 0 Å². The number of hydrogen-bond acceptors (Lipinski definition) is 4. The normalized spacial score (nSPS) is 19.5. The Hall–Kier alpha value is -1.47. The third-order valence-corrected chi connectivity index (χ3v) is 4.14. The Morgan fingerprint density at radius 2 is 2.26 bits per heavy atom. The molecule has 100 valence electrons. The van der Waals surface area contributed by atoms with E-state index in [1.54, 1.807) is 6.08 Å². The molecule has 1 saturated heterocycles. The van der Waals surface area contributed by atoms with Crippen LogP contribution in [0.2, 0.25) is 0 Å². The first-order valence-electron chi connectivity index (χ1n) is 5.62. The van der Waals surface area contributed by atoms with E-state index >= 15 is 0 Å². The molecular weight excluding hydrogens is 332 g/mol. The number of piperidine rings is 1. The van der Waals surface area contributed by atoms with Crippen molar-refractivity contribution in [3.8, 4) is 0 Å². The highest BCUT2D eigenvalue weighted by molar-refractivity contribution is 9.11. The van der Waals surface area contributed by atoms with Crippen molar-refractivity contribution in [3.63, 3.8) is 0 Å². The van der Waals surface area contributed by atoms with Crippen molar-refractivity contribution < 1.29 is 14.4 Å². The maximum atomic E-state index is 11.6. The fourth-order valence-electron chi connectivity index (χ4n) is 1.63. The maximum Gasteiger partial charge on any atom is 0.249 e. The zero-order chi connectivity index (χ0) is 13.8. The number of carbonyl (C=O) groups is 3. The van der Waals surface area contributed by atoms with Crippen molar-refractivity contribution in [1.29, 1.82) is 0 Å². The molecule has 19 heavy (non-hydrogen) atoms. The van der Waals surface area contributed by atoms with Crippen LogP contribution in [0.15, 0.2) is 22.0 Å². The quantitative estimate of drug-likeness (QED) is 0.644. The first-order valence-corrected chi connectivity index (χ1v) is 7.23.